The molecule has 1 rings (SSSR count). The molecule has 0 spiro atoms. The lowest BCUT2D eigenvalue weighted by Crippen LogP contribution is -2.04. The normalized spacial score (nSPS) is 11.6. The Morgan fingerprint density at radius 1 is 1.31 bits per heavy atom. The van der Waals surface area contributed by atoms with Gasteiger partial charge in [-0.15, -0.1) is 0 Å². The number of benzene rings is 1. The van der Waals surface area contributed by atoms with E-state index in [1.54, 1.807) is 6.21 Å². The maximum atomic E-state index is 11.2. The topological polar surface area (TPSA) is 26.1 Å². The van der Waals surface area contributed by atoms with Gasteiger partial charge < -0.3 is 5.21 Å². The van der Waals surface area contributed by atoms with Crippen molar-refractivity contribution in [2.24, 2.45) is 0 Å². The van der Waals surface area contributed by atoms with Gasteiger partial charge in [0.05, 0.1) is 0 Å². The van der Waals surface area contributed by atoms with Crippen molar-refractivity contribution in [2.45, 2.75) is 26.3 Å². The van der Waals surface area contributed by atoms with Crippen LogP contribution in [0.5, 0.6) is 0 Å². The van der Waals surface area contributed by atoms with E-state index >= 15 is 0 Å². The van der Waals surface area contributed by atoms with Crippen LogP contribution in [-0.2, 0) is 6.54 Å². The summed E-state index contributed by atoms with van der Waals surface area (Å²) >= 11 is 0. The summed E-state index contributed by atoms with van der Waals surface area (Å²) in [6.45, 7) is 2.52. The molecular formula is C11H15NO. The minimum absolute atomic E-state index is 0.459. The van der Waals surface area contributed by atoms with E-state index in [1.165, 1.54) is 0 Å². The van der Waals surface area contributed by atoms with Crippen molar-refractivity contribution < 1.29 is 4.74 Å². The lowest BCUT2D eigenvalue weighted by atomic mass is 10.2. The third kappa shape index (κ3) is 3.74. The average Bonchev–Trinajstić information content (AvgIpc) is 2.16. The van der Waals surface area contributed by atoms with Gasteiger partial charge in [-0.3, -0.25) is 0 Å². The fraction of sp³-hybridized carbons (Fsp3) is 0.364. The van der Waals surface area contributed by atoms with Crippen LogP contribution in [0.15, 0.2) is 30.3 Å². The second-order valence-corrected chi connectivity index (χ2v) is 3.03. The summed E-state index contributed by atoms with van der Waals surface area (Å²) in [5.74, 6) is 0. The van der Waals surface area contributed by atoms with Crippen LogP contribution < -0.4 is 0 Å². The van der Waals surface area contributed by atoms with Crippen molar-refractivity contribution >= 4 is 6.21 Å². The first-order chi connectivity index (χ1) is 6.33. The number of hydrogen-bond acceptors (Lipinski definition) is 1. The molecule has 13 heavy (non-hydrogen) atoms. The van der Waals surface area contributed by atoms with E-state index in [1.807, 2.05) is 30.3 Å². The molecule has 0 atom stereocenters. The van der Waals surface area contributed by atoms with Gasteiger partial charge in [-0.25, -0.2) is 4.74 Å². The highest BCUT2D eigenvalue weighted by Gasteiger charge is 1.95. The van der Waals surface area contributed by atoms with Crippen molar-refractivity contribution in [3.8, 4) is 0 Å². The monoisotopic (exact) mass is 177 g/mol. The molecule has 2 heteroatoms. The second kappa shape index (κ2) is 5.36. The second-order valence-electron chi connectivity index (χ2n) is 3.03. The molecule has 0 aliphatic rings. The Morgan fingerprint density at radius 3 is 2.62 bits per heavy atom. The van der Waals surface area contributed by atoms with Gasteiger partial charge in [0, 0.05) is 12.0 Å². The predicted octanol–water partition coefficient (Wildman–Crippen LogP) is 2.57. The summed E-state index contributed by atoms with van der Waals surface area (Å²) < 4.78 is 0.999. The highest BCUT2D eigenvalue weighted by atomic mass is 16.5. The van der Waals surface area contributed by atoms with Gasteiger partial charge in [0.2, 0.25) is 0 Å². The Labute approximate surface area is 79.1 Å². The minimum atomic E-state index is 0.459. The van der Waals surface area contributed by atoms with Crippen molar-refractivity contribution in [1.29, 1.82) is 0 Å². The highest BCUT2D eigenvalue weighted by Crippen LogP contribution is 1.99. The fourth-order valence-electron chi connectivity index (χ4n) is 1.10. The fourth-order valence-corrected chi connectivity index (χ4v) is 1.10. The minimum Gasteiger partial charge on any atom is -0.624 e. The number of hydrogen-bond donors (Lipinski definition) is 0. The van der Waals surface area contributed by atoms with Crippen molar-refractivity contribution in [3.05, 3.63) is 41.1 Å². The number of hydroxylamine groups is 1. The maximum Gasteiger partial charge on any atom is 0.178 e. The van der Waals surface area contributed by atoms with E-state index in [2.05, 4.69) is 6.92 Å². The molecule has 0 N–H and O–H groups in total. The smallest absolute Gasteiger partial charge is 0.178 e. The first-order valence-corrected chi connectivity index (χ1v) is 4.64. The van der Waals surface area contributed by atoms with Gasteiger partial charge >= 0.3 is 0 Å². The zero-order valence-corrected chi connectivity index (χ0v) is 7.94. The third-order valence-corrected chi connectivity index (χ3v) is 1.80. The van der Waals surface area contributed by atoms with E-state index in [4.69, 9.17) is 0 Å². The molecule has 0 heterocycles. The molecule has 70 valence electrons. The summed E-state index contributed by atoms with van der Waals surface area (Å²) in [5.41, 5.74) is 1.06. The standard InChI is InChI=1S/C11H15NO/c1-2-3-9-12(13)10-11-7-5-4-6-8-11/h4-9H,2-3,10H2,1H3/b12-9+. The van der Waals surface area contributed by atoms with Crippen LogP contribution in [0, 0.1) is 5.21 Å². The van der Waals surface area contributed by atoms with Crippen molar-refractivity contribution in [3.63, 3.8) is 0 Å². The molecule has 0 unspecified atom stereocenters. The predicted molar refractivity (Wildman–Crippen MR) is 54.7 cm³/mol. The molecule has 0 aliphatic carbocycles. The van der Waals surface area contributed by atoms with Gasteiger partial charge in [-0.1, -0.05) is 37.3 Å². The molecule has 0 aromatic heterocycles. The number of nitrogens with zero attached hydrogens (tertiary/aromatic N) is 1. The van der Waals surface area contributed by atoms with Gasteiger partial charge in [-0.05, 0) is 6.42 Å². The van der Waals surface area contributed by atoms with Crippen LogP contribution in [0.25, 0.3) is 0 Å². The summed E-state index contributed by atoms with van der Waals surface area (Å²) in [7, 11) is 0. The molecule has 0 bridgehead atoms. The lowest BCUT2D eigenvalue weighted by molar-refractivity contribution is -0.471. The van der Waals surface area contributed by atoms with E-state index in [9.17, 15) is 5.21 Å². The van der Waals surface area contributed by atoms with Crippen molar-refractivity contribution in [2.75, 3.05) is 0 Å². The van der Waals surface area contributed by atoms with E-state index in [-0.39, 0.29) is 0 Å². The SMILES string of the molecule is CCC/C=[N+](/[O-])Cc1ccccc1. The van der Waals surface area contributed by atoms with Crippen LogP contribution in [-0.4, -0.2) is 11.0 Å². The van der Waals surface area contributed by atoms with E-state index in [0.29, 0.717) is 6.54 Å². The summed E-state index contributed by atoms with van der Waals surface area (Å²) in [6, 6.07) is 9.77. The number of unbranched alkanes of at least 4 members (excludes halogenated alkanes) is 1. The van der Waals surface area contributed by atoms with Crippen molar-refractivity contribution in [1.82, 2.24) is 0 Å². The quantitative estimate of drug-likeness (QED) is 0.300. The van der Waals surface area contributed by atoms with Gasteiger partial charge in [-0.2, -0.15) is 0 Å². The van der Waals surface area contributed by atoms with Gasteiger partial charge in [0.25, 0.3) is 0 Å². The average molecular weight is 177 g/mol. The zero-order valence-electron chi connectivity index (χ0n) is 7.94. The molecule has 1 aromatic carbocycles. The largest absolute Gasteiger partial charge is 0.624 e. The molecule has 0 radical (unpaired) electrons. The Bertz CT molecular complexity index is 267. The first kappa shape index (κ1) is 9.78. The first-order valence-electron chi connectivity index (χ1n) is 4.64. The lowest BCUT2D eigenvalue weighted by Gasteiger charge is -2.03. The molecule has 0 amide bonds. The molecule has 0 aliphatic heterocycles. The summed E-state index contributed by atoms with van der Waals surface area (Å²) in [4.78, 5) is 0. The molecule has 2 nitrogen and oxygen atoms in total. The van der Waals surface area contributed by atoms with E-state index in [0.717, 1.165) is 23.1 Å². The van der Waals surface area contributed by atoms with E-state index < -0.39 is 0 Å². The Hall–Kier alpha value is -1.31. The van der Waals surface area contributed by atoms with Crippen LogP contribution in [0.1, 0.15) is 25.3 Å². The molecule has 0 saturated heterocycles. The Kier molecular flexibility index (Phi) is 4.03. The summed E-state index contributed by atoms with van der Waals surface area (Å²) in [5, 5.41) is 11.2. The maximum absolute atomic E-state index is 11.2. The van der Waals surface area contributed by atoms with Crippen LogP contribution >= 0.6 is 0 Å². The van der Waals surface area contributed by atoms with Gasteiger partial charge in [0.15, 0.2) is 12.8 Å². The number of rotatable bonds is 4. The molecule has 0 fully saturated rings. The molecular weight excluding hydrogens is 162 g/mol. The zero-order chi connectivity index (χ0) is 9.52. The Balaban J connectivity index is 2.50. The van der Waals surface area contributed by atoms with Gasteiger partial charge in [0.1, 0.15) is 0 Å². The molecule has 0 saturated carbocycles. The molecule has 1 aromatic rings. The van der Waals surface area contributed by atoms with Crippen LogP contribution in [0.4, 0.5) is 0 Å². The Morgan fingerprint density at radius 2 is 2.00 bits per heavy atom. The summed E-state index contributed by atoms with van der Waals surface area (Å²) in [6.07, 6.45) is 3.58. The highest BCUT2D eigenvalue weighted by molar-refractivity contribution is 5.51. The van der Waals surface area contributed by atoms with Crippen LogP contribution in [0.2, 0.25) is 0 Å². The van der Waals surface area contributed by atoms with Crippen LogP contribution in [0.3, 0.4) is 0 Å². The third-order valence-electron chi connectivity index (χ3n) is 1.80.